The SMILES string of the molecule is C[C@H](NC1CCC2CCCCC2C1)c1ccccc1. The second kappa shape index (κ2) is 6.09. The van der Waals surface area contributed by atoms with Gasteiger partial charge in [0, 0.05) is 12.1 Å². The molecule has 0 spiro atoms. The number of nitrogens with one attached hydrogen (secondary N) is 1. The molecule has 0 aliphatic heterocycles. The zero-order chi connectivity index (χ0) is 13.1. The molecule has 0 heterocycles. The number of hydrogen-bond donors (Lipinski definition) is 1. The first-order valence-corrected chi connectivity index (χ1v) is 8.14. The number of fused-ring (bicyclic) bond motifs is 1. The van der Waals surface area contributed by atoms with E-state index in [1.54, 1.807) is 0 Å². The first-order chi connectivity index (χ1) is 9.33. The van der Waals surface area contributed by atoms with E-state index < -0.39 is 0 Å². The molecule has 19 heavy (non-hydrogen) atoms. The van der Waals surface area contributed by atoms with Gasteiger partial charge in [0.1, 0.15) is 0 Å². The maximum absolute atomic E-state index is 3.87. The quantitative estimate of drug-likeness (QED) is 0.828. The van der Waals surface area contributed by atoms with Crippen molar-refractivity contribution in [3.05, 3.63) is 35.9 Å². The lowest BCUT2D eigenvalue weighted by atomic mass is 9.69. The minimum Gasteiger partial charge on any atom is -0.307 e. The summed E-state index contributed by atoms with van der Waals surface area (Å²) in [5.74, 6) is 2.07. The lowest BCUT2D eigenvalue weighted by molar-refractivity contribution is 0.139. The zero-order valence-corrected chi connectivity index (χ0v) is 12.1. The van der Waals surface area contributed by atoms with Gasteiger partial charge in [-0.05, 0) is 43.6 Å². The summed E-state index contributed by atoms with van der Waals surface area (Å²) in [6, 6.07) is 12.1. The first-order valence-electron chi connectivity index (χ1n) is 8.14. The van der Waals surface area contributed by atoms with Crippen molar-refractivity contribution in [3.8, 4) is 0 Å². The van der Waals surface area contributed by atoms with E-state index in [0.29, 0.717) is 6.04 Å². The van der Waals surface area contributed by atoms with Crippen LogP contribution in [-0.2, 0) is 0 Å². The lowest BCUT2D eigenvalue weighted by Gasteiger charge is -2.40. The van der Waals surface area contributed by atoms with Crippen LogP contribution in [0.2, 0.25) is 0 Å². The Hall–Kier alpha value is -0.820. The van der Waals surface area contributed by atoms with Gasteiger partial charge in [-0.25, -0.2) is 0 Å². The van der Waals surface area contributed by atoms with Crippen LogP contribution in [0, 0.1) is 11.8 Å². The highest BCUT2D eigenvalue weighted by molar-refractivity contribution is 5.18. The Morgan fingerprint density at radius 2 is 1.68 bits per heavy atom. The fourth-order valence-corrected chi connectivity index (χ4v) is 4.22. The summed E-state index contributed by atoms with van der Waals surface area (Å²) < 4.78 is 0. The summed E-state index contributed by atoms with van der Waals surface area (Å²) in [7, 11) is 0. The van der Waals surface area contributed by atoms with Crippen molar-refractivity contribution in [2.24, 2.45) is 11.8 Å². The summed E-state index contributed by atoms with van der Waals surface area (Å²) in [4.78, 5) is 0. The van der Waals surface area contributed by atoms with Crippen molar-refractivity contribution in [3.63, 3.8) is 0 Å². The minimum atomic E-state index is 0.492. The van der Waals surface area contributed by atoms with Gasteiger partial charge in [-0.3, -0.25) is 0 Å². The van der Waals surface area contributed by atoms with Gasteiger partial charge in [0.15, 0.2) is 0 Å². The number of hydrogen-bond acceptors (Lipinski definition) is 1. The highest BCUT2D eigenvalue weighted by Crippen LogP contribution is 2.40. The Labute approximate surface area is 117 Å². The van der Waals surface area contributed by atoms with E-state index in [2.05, 4.69) is 42.6 Å². The standard InChI is InChI=1S/C18H27N/c1-14(15-7-3-2-4-8-15)19-18-12-11-16-9-5-6-10-17(16)13-18/h2-4,7-8,14,16-19H,5-6,9-13H2,1H3/t14-,16?,17?,18?/m0/s1. The molecule has 2 aliphatic rings. The molecule has 1 N–H and O–H groups in total. The third-order valence-corrected chi connectivity index (χ3v) is 5.32. The van der Waals surface area contributed by atoms with E-state index >= 15 is 0 Å². The monoisotopic (exact) mass is 257 g/mol. The molecule has 0 radical (unpaired) electrons. The van der Waals surface area contributed by atoms with Crippen molar-refractivity contribution in [2.45, 2.75) is 64.0 Å². The maximum atomic E-state index is 3.87. The molecule has 0 amide bonds. The fourth-order valence-electron chi connectivity index (χ4n) is 4.22. The minimum absolute atomic E-state index is 0.492. The predicted molar refractivity (Wildman–Crippen MR) is 81.1 cm³/mol. The molecule has 4 atom stereocenters. The van der Waals surface area contributed by atoms with Gasteiger partial charge in [0.2, 0.25) is 0 Å². The fraction of sp³-hybridized carbons (Fsp3) is 0.667. The van der Waals surface area contributed by atoms with Crippen LogP contribution in [0.1, 0.15) is 63.5 Å². The van der Waals surface area contributed by atoms with Crippen LogP contribution >= 0.6 is 0 Å². The average molecular weight is 257 g/mol. The summed E-state index contributed by atoms with van der Waals surface area (Å²) >= 11 is 0. The first kappa shape index (κ1) is 13.2. The Balaban J connectivity index is 1.56. The highest BCUT2D eigenvalue weighted by atomic mass is 14.9. The zero-order valence-electron chi connectivity index (χ0n) is 12.1. The third kappa shape index (κ3) is 3.20. The molecule has 0 aromatic heterocycles. The second-order valence-electron chi connectivity index (χ2n) is 6.61. The smallest absolute Gasteiger partial charge is 0.0294 e. The Morgan fingerprint density at radius 3 is 2.47 bits per heavy atom. The normalized spacial score (nSPS) is 32.6. The van der Waals surface area contributed by atoms with Gasteiger partial charge in [-0.1, -0.05) is 56.0 Å². The van der Waals surface area contributed by atoms with Gasteiger partial charge < -0.3 is 5.32 Å². The molecule has 3 unspecified atom stereocenters. The predicted octanol–water partition coefficient (Wildman–Crippen LogP) is 4.70. The molecule has 104 valence electrons. The van der Waals surface area contributed by atoms with Crippen LogP contribution in [0.4, 0.5) is 0 Å². The molecule has 1 heteroatoms. The van der Waals surface area contributed by atoms with E-state index in [1.165, 1.54) is 50.5 Å². The van der Waals surface area contributed by atoms with Crippen molar-refractivity contribution < 1.29 is 0 Å². The summed E-state index contributed by atoms with van der Waals surface area (Å²) in [6.45, 7) is 2.31. The largest absolute Gasteiger partial charge is 0.307 e. The van der Waals surface area contributed by atoms with Crippen molar-refractivity contribution in [1.29, 1.82) is 0 Å². The van der Waals surface area contributed by atoms with Gasteiger partial charge in [-0.2, -0.15) is 0 Å². The molecular weight excluding hydrogens is 230 g/mol. The van der Waals surface area contributed by atoms with E-state index in [-0.39, 0.29) is 0 Å². The number of rotatable bonds is 3. The van der Waals surface area contributed by atoms with Gasteiger partial charge >= 0.3 is 0 Å². The van der Waals surface area contributed by atoms with Crippen LogP contribution in [0.15, 0.2) is 30.3 Å². The Morgan fingerprint density at radius 1 is 0.947 bits per heavy atom. The number of benzene rings is 1. The maximum Gasteiger partial charge on any atom is 0.0294 e. The van der Waals surface area contributed by atoms with E-state index in [1.807, 2.05) is 0 Å². The molecule has 1 aromatic carbocycles. The van der Waals surface area contributed by atoms with Crippen LogP contribution in [0.5, 0.6) is 0 Å². The van der Waals surface area contributed by atoms with Crippen molar-refractivity contribution >= 4 is 0 Å². The van der Waals surface area contributed by atoms with Crippen LogP contribution < -0.4 is 5.32 Å². The Bertz CT molecular complexity index is 386. The van der Waals surface area contributed by atoms with Crippen LogP contribution in [0.25, 0.3) is 0 Å². The van der Waals surface area contributed by atoms with E-state index in [0.717, 1.165) is 17.9 Å². The van der Waals surface area contributed by atoms with Crippen LogP contribution in [0.3, 0.4) is 0 Å². The summed E-state index contributed by atoms with van der Waals surface area (Å²) in [6.07, 6.45) is 10.2. The van der Waals surface area contributed by atoms with Crippen LogP contribution in [-0.4, -0.2) is 6.04 Å². The second-order valence-corrected chi connectivity index (χ2v) is 6.61. The molecule has 2 aliphatic carbocycles. The molecular formula is C18H27N. The molecule has 0 saturated heterocycles. The molecule has 0 bridgehead atoms. The van der Waals surface area contributed by atoms with Gasteiger partial charge in [-0.15, -0.1) is 0 Å². The van der Waals surface area contributed by atoms with E-state index in [9.17, 15) is 0 Å². The molecule has 1 nitrogen and oxygen atoms in total. The summed E-state index contributed by atoms with van der Waals surface area (Å²) in [5, 5.41) is 3.87. The van der Waals surface area contributed by atoms with E-state index in [4.69, 9.17) is 0 Å². The van der Waals surface area contributed by atoms with Crippen molar-refractivity contribution in [1.82, 2.24) is 5.32 Å². The molecule has 2 fully saturated rings. The molecule has 2 saturated carbocycles. The lowest BCUT2D eigenvalue weighted by Crippen LogP contribution is -2.39. The third-order valence-electron chi connectivity index (χ3n) is 5.32. The Kier molecular flexibility index (Phi) is 4.22. The van der Waals surface area contributed by atoms with Crippen molar-refractivity contribution in [2.75, 3.05) is 0 Å². The van der Waals surface area contributed by atoms with Gasteiger partial charge in [0.25, 0.3) is 0 Å². The summed E-state index contributed by atoms with van der Waals surface area (Å²) in [5.41, 5.74) is 1.42. The topological polar surface area (TPSA) is 12.0 Å². The molecule has 1 aromatic rings. The highest BCUT2D eigenvalue weighted by Gasteiger charge is 2.32. The van der Waals surface area contributed by atoms with Gasteiger partial charge in [0.05, 0.1) is 0 Å². The average Bonchev–Trinajstić information content (AvgIpc) is 2.48. The molecule has 3 rings (SSSR count).